The molecule has 0 aromatic heterocycles. The molecule has 1 aliphatic rings. The summed E-state index contributed by atoms with van der Waals surface area (Å²) in [4.78, 5) is 10.0. The second-order valence-electron chi connectivity index (χ2n) is 4.43. The van der Waals surface area contributed by atoms with Crippen LogP contribution in [0.3, 0.4) is 0 Å². The number of hydrogen-bond acceptors (Lipinski definition) is 6. The van der Waals surface area contributed by atoms with E-state index in [0.717, 1.165) is 24.4 Å². The van der Waals surface area contributed by atoms with Gasteiger partial charge in [-0.2, -0.15) is 5.26 Å². The zero-order valence-electron chi connectivity index (χ0n) is 11.2. The molecule has 0 saturated heterocycles. The third kappa shape index (κ3) is 3.58. The maximum absolute atomic E-state index is 12.1. The van der Waals surface area contributed by atoms with E-state index in [1.807, 2.05) is 0 Å². The number of nitro groups is 1. The summed E-state index contributed by atoms with van der Waals surface area (Å²) < 4.78 is 39.9. The monoisotopic (exact) mass is 327 g/mol. The van der Waals surface area contributed by atoms with Crippen LogP contribution in [0.2, 0.25) is 0 Å². The number of benzene rings is 1. The molecular weight excluding hydrogens is 319 g/mol. The number of nitrogens with zero attached hydrogens (tertiary/aromatic N) is 2. The Kier molecular flexibility index (Phi) is 3.98. The maximum Gasteiger partial charge on any atom is 0.573 e. The predicted octanol–water partition coefficient (Wildman–Crippen LogP) is 1.90. The average Bonchev–Trinajstić information content (AvgIpc) is 2.47. The molecule has 1 aliphatic heterocycles. The standard InChI is InChI=1S/C13H8F3N3O4/c14-13(15,16)23-10-3-1-8(2-4-10)9-5-11(19(21)22)12(20,7-17)18-6-9/h1-6,18,20H. The van der Waals surface area contributed by atoms with E-state index in [1.54, 1.807) is 0 Å². The summed E-state index contributed by atoms with van der Waals surface area (Å²) >= 11 is 0. The van der Waals surface area contributed by atoms with Gasteiger partial charge in [0.25, 0.3) is 0 Å². The van der Waals surface area contributed by atoms with Crippen molar-refractivity contribution in [3.8, 4) is 11.8 Å². The molecule has 10 heteroatoms. The fourth-order valence-corrected chi connectivity index (χ4v) is 1.84. The summed E-state index contributed by atoms with van der Waals surface area (Å²) in [5, 5.41) is 31.7. The number of dihydropyridines is 1. The lowest BCUT2D eigenvalue weighted by atomic mass is 9.99. The first kappa shape index (κ1) is 16.3. The average molecular weight is 327 g/mol. The topological polar surface area (TPSA) is 108 Å². The highest BCUT2D eigenvalue weighted by Crippen LogP contribution is 2.29. The van der Waals surface area contributed by atoms with Crippen molar-refractivity contribution in [1.82, 2.24) is 5.32 Å². The van der Waals surface area contributed by atoms with E-state index in [2.05, 4.69) is 10.1 Å². The number of nitriles is 1. The van der Waals surface area contributed by atoms with Crippen molar-refractivity contribution in [3.63, 3.8) is 0 Å². The quantitative estimate of drug-likeness (QED) is 0.499. The van der Waals surface area contributed by atoms with Crippen LogP contribution in [0.15, 0.2) is 42.2 Å². The lowest BCUT2D eigenvalue weighted by Gasteiger charge is -2.22. The van der Waals surface area contributed by atoms with Gasteiger partial charge in [-0.25, -0.2) is 0 Å². The highest BCUT2D eigenvalue weighted by molar-refractivity contribution is 5.76. The molecule has 0 fully saturated rings. The van der Waals surface area contributed by atoms with E-state index in [0.29, 0.717) is 5.56 Å². The molecule has 7 nitrogen and oxygen atoms in total. The first-order chi connectivity index (χ1) is 10.6. The van der Waals surface area contributed by atoms with Crippen LogP contribution in [0.1, 0.15) is 5.56 Å². The second-order valence-corrected chi connectivity index (χ2v) is 4.43. The lowest BCUT2D eigenvalue weighted by molar-refractivity contribution is -0.442. The molecule has 120 valence electrons. The number of halogens is 3. The molecule has 2 rings (SSSR count). The molecule has 1 aromatic rings. The molecule has 0 saturated carbocycles. The lowest BCUT2D eigenvalue weighted by Crippen LogP contribution is -2.46. The minimum atomic E-state index is -4.82. The fourth-order valence-electron chi connectivity index (χ4n) is 1.84. The zero-order chi connectivity index (χ0) is 17.3. The Labute approximate surface area is 127 Å². The van der Waals surface area contributed by atoms with Gasteiger partial charge in [-0.15, -0.1) is 13.2 Å². The number of rotatable bonds is 3. The molecule has 1 heterocycles. The largest absolute Gasteiger partial charge is 0.573 e. The molecule has 0 amide bonds. The molecule has 0 aliphatic carbocycles. The summed E-state index contributed by atoms with van der Waals surface area (Å²) in [7, 11) is 0. The van der Waals surface area contributed by atoms with Crippen LogP contribution in [-0.4, -0.2) is 22.1 Å². The Balaban J connectivity index is 2.30. The van der Waals surface area contributed by atoms with E-state index in [4.69, 9.17) is 5.26 Å². The van der Waals surface area contributed by atoms with Crippen LogP contribution in [0.4, 0.5) is 13.2 Å². The third-order valence-corrected chi connectivity index (χ3v) is 2.88. The number of aliphatic hydroxyl groups is 1. The first-order valence-electron chi connectivity index (χ1n) is 5.99. The number of allylic oxidation sites excluding steroid dienone is 2. The van der Waals surface area contributed by atoms with Crippen molar-refractivity contribution in [2.45, 2.75) is 12.1 Å². The maximum atomic E-state index is 12.1. The summed E-state index contributed by atoms with van der Waals surface area (Å²) in [6, 6.07) is 5.93. The van der Waals surface area contributed by atoms with E-state index in [9.17, 15) is 28.4 Å². The van der Waals surface area contributed by atoms with Gasteiger partial charge in [0.1, 0.15) is 11.8 Å². The van der Waals surface area contributed by atoms with Crippen LogP contribution in [0, 0.1) is 21.4 Å². The second kappa shape index (κ2) is 5.62. The van der Waals surface area contributed by atoms with Crippen LogP contribution in [-0.2, 0) is 0 Å². The predicted molar refractivity (Wildman–Crippen MR) is 69.9 cm³/mol. The Bertz CT molecular complexity index is 734. The highest BCUT2D eigenvalue weighted by atomic mass is 19.4. The summed E-state index contributed by atoms with van der Waals surface area (Å²) in [6.45, 7) is 0. The van der Waals surface area contributed by atoms with Gasteiger partial charge < -0.3 is 15.2 Å². The van der Waals surface area contributed by atoms with Crippen molar-refractivity contribution < 1.29 is 27.9 Å². The molecule has 1 aromatic carbocycles. The van der Waals surface area contributed by atoms with E-state index in [-0.39, 0.29) is 5.57 Å². The minimum absolute atomic E-state index is 0.204. The van der Waals surface area contributed by atoms with Crippen molar-refractivity contribution in [2.24, 2.45) is 0 Å². The normalized spacial score (nSPS) is 20.7. The Hall–Kier alpha value is -3.06. The molecule has 1 atom stereocenters. The van der Waals surface area contributed by atoms with Gasteiger partial charge in [-0.3, -0.25) is 10.1 Å². The molecule has 2 N–H and O–H groups in total. The highest BCUT2D eigenvalue weighted by Gasteiger charge is 2.43. The van der Waals surface area contributed by atoms with Crippen molar-refractivity contribution in [1.29, 1.82) is 5.26 Å². The van der Waals surface area contributed by atoms with Gasteiger partial charge in [0.2, 0.25) is 0 Å². The van der Waals surface area contributed by atoms with Gasteiger partial charge in [0, 0.05) is 17.8 Å². The molecule has 23 heavy (non-hydrogen) atoms. The van der Waals surface area contributed by atoms with Crippen molar-refractivity contribution in [3.05, 3.63) is 57.9 Å². The smallest absolute Gasteiger partial charge is 0.406 e. The fraction of sp³-hybridized carbons (Fsp3) is 0.154. The van der Waals surface area contributed by atoms with E-state index >= 15 is 0 Å². The van der Waals surface area contributed by atoms with Crippen LogP contribution < -0.4 is 10.1 Å². The van der Waals surface area contributed by atoms with Crippen LogP contribution in [0.5, 0.6) is 5.75 Å². The number of alkyl halides is 3. The number of nitrogens with one attached hydrogen (secondary N) is 1. The number of hydrogen-bond donors (Lipinski definition) is 2. The summed E-state index contributed by atoms with van der Waals surface area (Å²) in [6.07, 6.45) is -2.72. The number of ether oxygens (including phenoxy) is 1. The summed E-state index contributed by atoms with van der Waals surface area (Å²) in [5.74, 6) is -0.447. The first-order valence-corrected chi connectivity index (χ1v) is 5.99. The third-order valence-electron chi connectivity index (χ3n) is 2.88. The Morgan fingerprint density at radius 2 is 1.96 bits per heavy atom. The van der Waals surface area contributed by atoms with Gasteiger partial charge in [0.15, 0.2) is 0 Å². The van der Waals surface area contributed by atoms with Crippen molar-refractivity contribution in [2.75, 3.05) is 0 Å². The van der Waals surface area contributed by atoms with E-state index < -0.39 is 28.5 Å². The van der Waals surface area contributed by atoms with Gasteiger partial charge in [-0.05, 0) is 17.7 Å². The van der Waals surface area contributed by atoms with Crippen LogP contribution in [0.25, 0.3) is 5.57 Å². The molecule has 0 bridgehead atoms. The minimum Gasteiger partial charge on any atom is -0.406 e. The SMILES string of the molecule is N#CC1(O)NC=C(c2ccc(OC(F)(F)F)cc2)C=C1[N+](=O)[O-]. The molecule has 1 unspecified atom stereocenters. The Morgan fingerprint density at radius 3 is 2.43 bits per heavy atom. The molecule has 0 spiro atoms. The van der Waals surface area contributed by atoms with Crippen LogP contribution >= 0.6 is 0 Å². The van der Waals surface area contributed by atoms with Gasteiger partial charge in [0.05, 0.1) is 4.92 Å². The van der Waals surface area contributed by atoms with Crippen molar-refractivity contribution >= 4 is 5.57 Å². The molecule has 0 radical (unpaired) electrons. The van der Waals surface area contributed by atoms with Gasteiger partial charge in [-0.1, -0.05) is 12.1 Å². The zero-order valence-corrected chi connectivity index (χ0v) is 11.2. The van der Waals surface area contributed by atoms with E-state index in [1.165, 1.54) is 18.2 Å². The Morgan fingerprint density at radius 1 is 1.35 bits per heavy atom. The summed E-state index contributed by atoms with van der Waals surface area (Å²) in [5.41, 5.74) is -2.75. The van der Waals surface area contributed by atoms with Gasteiger partial charge >= 0.3 is 17.8 Å². The molecular formula is C13H8F3N3O4.